The van der Waals surface area contributed by atoms with E-state index in [0.717, 1.165) is 27.7 Å². The summed E-state index contributed by atoms with van der Waals surface area (Å²) >= 11 is 7.93. The monoisotopic (exact) mass is 400 g/mol. The van der Waals surface area contributed by atoms with Crippen LogP contribution in [0.4, 0.5) is 0 Å². The van der Waals surface area contributed by atoms with E-state index in [1.165, 1.54) is 0 Å². The van der Waals surface area contributed by atoms with E-state index in [4.69, 9.17) is 26.2 Å². The smallest absolute Gasteiger partial charge is 0.212 e. The normalized spacial score (nSPS) is 13.1. The Kier molecular flexibility index (Phi) is 5.05. The number of thioether (sulfide) groups is 1. The highest BCUT2D eigenvalue weighted by Crippen LogP contribution is 2.31. The molecule has 27 heavy (non-hydrogen) atoms. The van der Waals surface area contributed by atoms with Crippen molar-refractivity contribution >= 4 is 29.1 Å². The standard InChI is InChI=1S/C19H17ClN4O2S/c1-3-26-17-9-6-13(10-15(17)20)16-11-27-19-22-21-18(24(19)23-16)12-4-7-14(25-2)8-5-12/h4-10H,3,11H2,1-2H3. The van der Waals surface area contributed by atoms with Crippen LogP contribution < -0.4 is 9.47 Å². The van der Waals surface area contributed by atoms with Gasteiger partial charge in [0.1, 0.15) is 11.5 Å². The van der Waals surface area contributed by atoms with Gasteiger partial charge in [0.2, 0.25) is 5.16 Å². The summed E-state index contributed by atoms with van der Waals surface area (Å²) in [5, 5.41) is 14.7. The van der Waals surface area contributed by atoms with Gasteiger partial charge < -0.3 is 9.47 Å². The molecule has 0 atom stereocenters. The first-order valence-corrected chi connectivity index (χ1v) is 9.79. The molecule has 2 aromatic carbocycles. The summed E-state index contributed by atoms with van der Waals surface area (Å²) in [6, 6.07) is 13.4. The van der Waals surface area contributed by atoms with Gasteiger partial charge in [-0.15, -0.1) is 10.2 Å². The third kappa shape index (κ3) is 3.52. The highest BCUT2D eigenvalue weighted by molar-refractivity contribution is 7.99. The molecular weight excluding hydrogens is 384 g/mol. The third-order valence-electron chi connectivity index (χ3n) is 4.08. The molecule has 0 saturated heterocycles. The van der Waals surface area contributed by atoms with Crippen LogP contribution in [0.25, 0.3) is 11.4 Å². The number of ether oxygens (including phenoxy) is 2. The van der Waals surface area contributed by atoms with Crippen molar-refractivity contribution in [3.63, 3.8) is 0 Å². The minimum Gasteiger partial charge on any atom is -0.497 e. The Morgan fingerprint density at radius 1 is 1.11 bits per heavy atom. The fraction of sp³-hybridized carbons (Fsp3) is 0.211. The van der Waals surface area contributed by atoms with Crippen LogP contribution in [0.2, 0.25) is 5.02 Å². The number of hydrogen-bond acceptors (Lipinski definition) is 6. The molecule has 0 fully saturated rings. The predicted molar refractivity (Wildman–Crippen MR) is 107 cm³/mol. The van der Waals surface area contributed by atoms with Crippen LogP contribution in [0.15, 0.2) is 52.7 Å². The largest absolute Gasteiger partial charge is 0.497 e. The van der Waals surface area contributed by atoms with Crippen molar-refractivity contribution in [2.24, 2.45) is 5.10 Å². The second kappa shape index (κ2) is 7.62. The third-order valence-corrected chi connectivity index (χ3v) is 5.31. The molecule has 4 rings (SSSR count). The summed E-state index contributed by atoms with van der Waals surface area (Å²) in [5.41, 5.74) is 2.79. The van der Waals surface area contributed by atoms with Gasteiger partial charge in [-0.3, -0.25) is 0 Å². The number of benzene rings is 2. The minimum absolute atomic E-state index is 0.575. The van der Waals surface area contributed by atoms with Crippen molar-refractivity contribution in [2.75, 3.05) is 19.5 Å². The van der Waals surface area contributed by atoms with Crippen LogP contribution >= 0.6 is 23.4 Å². The second-order valence-corrected chi connectivity index (χ2v) is 7.11. The first-order valence-electron chi connectivity index (χ1n) is 8.43. The number of aromatic nitrogens is 3. The van der Waals surface area contributed by atoms with E-state index in [9.17, 15) is 0 Å². The lowest BCUT2D eigenvalue weighted by Crippen LogP contribution is -2.14. The van der Waals surface area contributed by atoms with Gasteiger partial charge in [-0.2, -0.15) is 9.78 Å². The molecule has 6 nitrogen and oxygen atoms in total. The molecule has 3 aromatic rings. The fourth-order valence-corrected chi connectivity index (χ4v) is 3.82. The molecule has 0 unspecified atom stereocenters. The van der Waals surface area contributed by atoms with E-state index in [1.54, 1.807) is 23.5 Å². The average molecular weight is 401 g/mol. The van der Waals surface area contributed by atoms with E-state index in [1.807, 2.05) is 49.4 Å². The number of nitrogens with zero attached hydrogens (tertiary/aromatic N) is 4. The molecule has 0 radical (unpaired) electrons. The molecule has 8 heteroatoms. The van der Waals surface area contributed by atoms with E-state index in [2.05, 4.69) is 10.2 Å². The molecule has 1 aromatic heterocycles. The van der Waals surface area contributed by atoms with Crippen molar-refractivity contribution in [3.05, 3.63) is 53.1 Å². The van der Waals surface area contributed by atoms with Crippen LogP contribution in [0.3, 0.4) is 0 Å². The van der Waals surface area contributed by atoms with Gasteiger partial charge in [-0.05, 0) is 49.4 Å². The van der Waals surface area contributed by atoms with Gasteiger partial charge in [0.25, 0.3) is 0 Å². The molecule has 2 heterocycles. The SMILES string of the molecule is CCOc1ccc(C2=Nn3c(nnc3-c3ccc(OC)cc3)SC2)cc1Cl. The summed E-state index contributed by atoms with van der Waals surface area (Å²) in [6.45, 7) is 2.51. The van der Waals surface area contributed by atoms with Gasteiger partial charge in [-0.25, -0.2) is 0 Å². The second-order valence-electron chi connectivity index (χ2n) is 5.76. The van der Waals surface area contributed by atoms with Gasteiger partial charge >= 0.3 is 0 Å². The fourth-order valence-electron chi connectivity index (χ4n) is 2.74. The number of fused-ring (bicyclic) bond motifs is 1. The lowest BCUT2D eigenvalue weighted by molar-refractivity contribution is 0.340. The quantitative estimate of drug-likeness (QED) is 0.636. The van der Waals surface area contributed by atoms with Crippen LogP contribution in [0, 0.1) is 0 Å². The highest BCUT2D eigenvalue weighted by Gasteiger charge is 2.21. The first kappa shape index (κ1) is 17.9. The number of methoxy groups -OCH3 is 1. The van der Waals surface area contributed by atoms with Crippen molar-refractivity contribution in [2.45, 2.75) is 12.1 Å². The molecule has 0 spiro atoms. The highest BCUT2D eigenvalue weighted by atomic mass is 35.5. The van der Waals surface area contributed by atoms with Crippen molar-refractivity contribution in [1.82, 2.24) is 14.9 Å². The molecular formula is C19H17ClN4O2S. The Morgan fingerprint density at radius 2 is 1.89 bits per heavy atom. The van der Waals surface area contributed by atoms with Crippen LogP contribution in [-0.4, -0.2) is 40.1 Å². The maximum Gasteiger partial charge on any atom is 0.212 e. The predicted octanol–water partition coefficient (Wildman–Crippen LogP) is 4.36. The topological polar surface area (TPSA) is 61.5 Å². The Morgan fingerprint density at radius 3 is 2.59 bits per heavy atom. The van der Waals surface area contributed by atoms with Crippen molar-refractivity contribution in [3.8, 4) is 22.9 Å². The maximum absolute atomic E-state index is 6.33. The summed E-state index contributed by atoms with van der Waals surface area (Å²) in [7, 11) is 1.64. The average Bonchev–Trinajstić information content (AvgIpc) is 3.13. The van der Waals surface area contributed by atoms with Gasteiger partial charge in [-0.1, -0.05) is 23.4 Å². The number of rotatable bonds is 5. The van der Waals surface area contributed by atoms with E-state index in [0.29, 0.717) is 29.0 Å². The lowest BCUT2D eigenvalue weighted by Gasteiger charge is -2.15. The van der Waals surface area contributed by atoms with E-state index < -0.39 is 0 Å². The first-order chi connectivity index (χ1) is 13.2. The van der Waals surface area contributed by atoms with Crippen molar-refractivity contribution < 1.29 is 9.47 Å². The molecule has 0 amide bonds. The van der Waals surface area contributed by atoms with Gasteiger partial charge in [0.15, 0.2) is 5.82 Å². The van der Waals surface area contributed by atoms with Crippen LogP contribution in [0.5, 0.6) is 11.5 Å². The molecule has 1 aliphatic rings. The van der Waals surface area contributed by atoms with Crippen LogP contribution in [-0.2, 0) is 0 Å². The van der Waals surface area contributed by atoms with Crippen molar-refractivity contribution in [1.29, 1.82) is 0 Å². The Labute approximate surface area is 166 Å². The molecule has 1 aliphatic heterocycles. The zero-order valence-electron chi connectivity index (χ0n) is 14.8. The van der Waals surface area contributed by atoms with Crippen LogP contribution in [0.1, 0.15) is 12.5 Å². The zero-order valence-corrected chi connectivity index (χ0v) is 16.4. The Hall–Kier alpha value is -2.51. The number of halogens is 1. The zero-order chi connectivity index (χ0) is 18.8. The molecule has 0 bridgehead atoms. The van der Waals surface area contributed by atoms with E-state index >= 15 is 0 Å². The summed E-state index contributed by atoms with van der Waals surface area (Å²) in [4.78, 5) is 0. The lowest BCUT2D eigenvalue weighted by atomic mass is 10.1. The summed E-state index contributed by atoms with van der Waals surface area (Å²) < 4.78 is 12.5. The maximum atomic E-state index is 6.33. The summed E-state index contributed by atoms with van der Waals surface area (Å²) in [6.07, 6.45) is 0. The van der Waals surface area contributed by atoms with Gasteiger partial charge in [0, 0.05) is 16.9 Å². The molecule has 0 N–H and O–H groups in total. The molecule has 138 valence electrons. The number of hydrogen-bond donors (Lipinski definition) is 0. The molecule has 0 saturated carbocycles. The Balaban J connectivity index is 1.70. The minimum atomic E-state index is 0.575. The summed E-state index contributed by atoms with van der Waals surface area (Å²) in [5.74, 6) is 2.86. The Bertz CT molecular complexity index is 1000. The molecule has 0 aliphatic carbocycles. The van der Waals surface area contributed by atoms with Gasteiger partial charge in [0.05, 0.1) is 24.5 Å². The van der Waals surface area contributed by atoms with E-state index in [-0.39, 0.29) is 0 Å².